The Morgan fingerprint density at radius 1 is 0.613 bits per heavy atom. The number of benzene rings is 4. The van der Waals surface area contributed by atoms with E-state index in [1.165, 1.54) is 32.8 Å². The van der Waals surface area contributed by atoms with Crippen LogP contribution in [0.15, 0.2) is 103 Å². The molecule has 0 N–H and O–H groups in total. The van der Waals surface area contributed by atoms with Crippen LogP contribution in [0.1, 0.15) is 5.56 Å². The van der Waals surface area contributed by atoms with Crippen LogP contribution < -0.4 is 0 Å². The molecule has 146 valence electrons. The fourth-order valence-corrected chi connectivity index (χ4v) is 4.35. The predicted molar refractivity (Wildman–Crippen MR) is 130 cm³/mol. The maximum atomic E-state index is 5.09. The molecule has 0 fully saturated rings. The third-order valence-corrected chi connectivity index (χ3v) is 5.96. The number of aromatic nitrogens is 2. The lowest BCUT2D eigenvalue weighted by Crippen LogP contribution is -1.92. The molecule has 0 aliphatic rings. The van der Waals surface area contributed by atoms with Crippen LogP contribution in [-0.4, -0.2) is 9.97 Å². The average molecular weight is 396 g/mol. The molecule has 0 aliphatic heterocycles. The van der Waals surface area contributed by atoms with Crippen molar-refractivity contribution in [3.05, 3.63) is 109 Å². The molecule has 0 unspecified atom stereocenters. The largest absolute Gasteiger partial charge is 0.256 e. The molecule has 2 heterocycles. The van der Waals surface area contributed by atoms with Gasteiger partial charge in [-0.3, -0.25) is 4.98 Å². The third kappa shape index (κ3) is 3.04. The van der Waals surface area contributed by atoms with Crippen molar-refractivity contribution < 1.29 is 0 Å². The summed E-state index contributed by atoms with van der Waals surface area (Å²) in [6, 6.07) is 34.3. The summed E-state index contributed by atoms with van der Waals surface area (Å²) in [4.78, 5) is 9.54. The van der Waals surface area contributed by atoms with Gasteiger partial charge in [0, 0.05) is 22.5 Å². The van der Waals surface area contributed by atoms with E-state index in [-0.39, 0.29) is 0 Å². The molecule has 0 aliphatic carbocycles. The Morgan fingerprint density at radius 3 is 2.29 bits per heavy atom. The van der Waals surface area contributed by atoms with Gasteiger partial charge in [0.1, 0.15) is 0 Å². The van der Waals surface area contributed by atoms with Crippen molar-refractivity contribution in [2.24, 2.45) is 0 Å². The second-order valence-electron chi connectivity index (χ2n) is 8.01. The molecule has 31 heavy (non-hydrogen) atoms. The number of hydrogen-bond donors (Lipinski definition) is 0. The fraction of sp³-hybridized carbons (Fsp3) is 0.0345. The lowest BCUT2D eigenvalue weighted by molar-refractivity contribution is 1.39. The van der Waals surface area contributed by atoms with Crippen LogP contribution in [0.25, 0.3) is 55.0 Å². The molecule has 4 aromatic carbocycles. The van der Waals surface area contributed by atoms with E-state index in [4.69, 9.17) is 4.98 Å². The van der Waals surface area contributed by atoms with Gasteiger partial charge < -0.3 is 0 Å². The maximum absolute atomic E-state index is 5.09. The van der Waals surface area contributed by atoms with Crippen LogP contribution >= 0.6 is 0 Å². The summed E-state index contributed by atoms with van der Waals surface area (Å²) in [6.07, 6.45) is 1.83. The Labute approximate surface area is 180 Å². The Hall–Kier alpha value is -4.04. The van der Waals surface area contributed by atoms with Gasteiger partial charge in [-0.05, 0) is 59.2 Å². The zero-order chi connectivity index (χ0) is 20.8. The molecule has 2 aromatic heterocycles. The lowest BCUT2D eigenvalue weighted by atomic mass is 9.94. The van der Waals surface area contributed by atoms with Crippen molar-refractivity contribution in [3.63, 3.8) is 0 Å². The summed E-state index contributed by atoms with van der Waals surface area (Å²) < 4.78 is 0. The highest BCUT2D eigenvalue weighted by Crippen LogP contribution is 2.37. The number of hydrogen-bond acceptors (Lipinski definition) is 2. The molecule has 2 heteroatoms. The highest BCUT2D eigenvalue weighted by Gasteiger charge is 2.13. The topological polar surface area (TPSA) is 25.8 Å². The Kier molecular flexibility index (Phi) is 4.03. The Morgan fingerprint density at radius 2 is 1.39 bits per heavy atom. The zero-order valence-electron chi connectivity index (χ0n) is 17.2. The SMILES string of the molecule is Cc1ccc(-c2cc(-c3ccc4ncccc4c3)nc3ccc4ccccc4c23)cc1. The highest BCUT2D eigenvalue weighted by atomic mass is 14.7. The van der Waals surface area contributed by atoms with E-state index in [0.717, 1.165) is 27.7 Å². The van der Waals surface area contributed by atoms with Gasteiger partial charge >= 0.3 is 0 Å². The first kappa shape index (κ1) is 17.8. The summed E-state index contributed by atoms with van der Waals surface area (Å²) in [5, 5.41) is 4.79. The first-order valence-electron chi connectivity index (χ1n) is 10.5. The van der Waals surface area contributed by atoms with E-state index < -0.39 is 0 Å². The van der Waals surface area contributed by atoms with Crippen molar-refractivity contribution in [1.29, 1.82) is 0 Å². The van der Waals surface area contributed by atoms with Gasteiger partial charge in [-0.15, -0.1) is 0 Å². The summed E-state index contributed by atoms with van der Waals surface area (Å²) in [6.45, 7) is 2.12. The molecule has 0 spiro atoms. The number of aryl methyl sites for hydroxylation is 1. The molecular formula is C29H20N2. The maximum Gasteiger partial charge on any atom is 0.0722 e. The molecule has 0 saturated heterocycles. The quantitative estimate of drug-likeness (QED) is 0.282. The second kappa shape index (κ2) is 7.03. The van der Waals surface area contributed by atoms with Gasteiger partial charge in [0.25, 0.3) is 0 Å². The summed E-state index contributed by atoms with van der Waals surface area (Å²) >= 11 is 0. The van der Waals surface area contributed by atoms with Crippen LogP contribution in [0.2, 0.25) is 0 Å². The second-order valence-corrected chi connectivity index (χ2v) is 8.01. The molecule has 0 amide bonds. The van der Waals surface area contributed by atoms with Crippen LogP contribution in [-0.2, 0) is 0 Å². The zero-order valence-corrected chi connectivity index (χ0v) is 17.2. The fourth-order valence-electron chi connectivity index (χ4n) is 4.35. The lowest BCUT2D eigenvalue weighted by Gasteiger charge is -2.13. The number of fused-ring (bicyclic) bond motifs is 4. The Bertz CT molecular complexity index is 1580. The third-order valence-electron chi connectivity index (χ3n) is 5.96. The first-order chi connectivity index (χ1) is 15.3. The molecule has 0 saturated carbocycles. The van der Waals surface area contributed by atoms with Crippen molar-refractivity contribution in [3.8, 4) is 22.4 Å². The first-order valence-corrected chi connectivity index (χ1v) is 10.5. The average Bonchev–Trinajstić information content (AvgIpc) is 2.83. The number of nitrogens with zero attached hydrogens (tertiary/aromatic N) is 2. The molecule has 0 atom stereocenters. The molecule has 2 nitrogen and oxygen atoms in total. The normalized spacial score (nSPS) is 11.4. The van der Waals surface area contributed by atoms with Crippen LogP contribution in [0, 0.1) is 6.92 Å². The Balaban J connectivity index is 1.68. The minimum Gasteiger partial charge on any atom is -0.256 e. The van der Waals surface area contributed by atoms with Crippen molar-refractivity contribution in [1.82, 2.24) is 9.97 Å². The summed E-state index contributed by atoms with van der Waals surface area (Å²) in [5.74, 6) is 0. The monoisotopic (exact) mass is 396 g/mol. The minimum absolute atomic E-state index is 0.976. The molecule has 6 rings (SSSR count). The van der Waals surface area contributed by atoms with Crippen LogP contribution in [0.4, 0.5) is 0 Å². The minimum atomic E-state index is 0.976. The van der Waals surface area contributed by atoms with E-state index in [2.05, 4.69) is 103 Å². The number of pyridine rings is 2. The van der Waals surface area contributed by atoms with Gasteiger partial charge in [-0.2, -0.15) is 0 Å². The van der Waals surface area contributed by atoms with E-state index in [1.807, 2.05) is 12.3 Å². The summed E-state index contributed by atoms with van der Waals surface area (Å²) in [5.41, 5.74) is 7.76. The molecule has 0 bridgehead atoms. The number of rotatable bonds is 2. The smallest absolute Gasteiger partial charge is 0.0722 e. The van der Waals surface area contributed by atoms with Crippen LogP contribution in [0.3, 0.4) is 0 Å². The van der Waals surface area contributed by atoms with Gasteiger partial charge in [0.15, 0.2) is 0 Å². The molecular weight excluding hydrogens is 376 g/mol. The van der Waals surface area contributed by atoms with E-state index in [1.54, 1.807) is 0 Å². The highest BCUT2D eigenvalue weighted by molar-refractivity contribution is 6.13. The van der Waals surface area contributed by atoms with Gasteiger partial charge in [-0.1, -0.05) is 72.3 Å². The molecule has 0 radical (unpaired) electrons. The van der Waals surface area contributed by atoms with Crippen LogP contribution in [0.5, 0.6) is 0 Å². The van der Waals surface area contributed by atoms with E-state index in [0.29, 0.717) is 0 Å². The summed E-state index contributed by atoms with van der Waals surface area (Å²) in [7, 11) is 0. The van der Waals surface area contributed by atoms with Crippen molar-refractivity contribution >= 4 is 32.6 Å². The van der Waals surface area contributed by atoms with Crippen molar-refractivity contribution in [2.75, 3.05) is 0 Å². The molecule has 6 aromatic rings. The van der Waals surface area contributed by atoms with E-state index in [9.17, 15) is 0 Å². The standard InChI is InChI=1S/C29H20N2/c1-19-8-10-21(11-9-19)25-18-28(23-13-14-26-22(17-23)6-4-16-30-26)31-27-15-12-20-5-2-3-7-24(20)29(25)27/h2-18H,1H3. The van der Waals surface area contributed by atoms with Gasteiger partial charge in [-0.25, -0.2) is 4.98 Å². The van der Waals surface area contributed by atoms with Crippen molar-refractivity contribution in [2.45, 2.75) is 6.92 Å². The van der Waals surface area contributed by atoms with E-state index >= 15 is 0 Å². The van der Waals surface area contributed by atoms with Gasteiger partial charge in [0.05, 0.1) is 16.7 Å². The van der Waals surface area contributed by atoms with Gasteiger partial charge in [0.2, 0.25) is 0 Å². The predicted octanol–water partition coefficient (Wildman–Crippen LogP) is 7.58.